The summed E-state index contributed by atoms with van der Waals surface area (Å²) >= 11 is 0. The summed E-state index contributed by atoms with van der Waals surface area (Å²) in [4.78, 5) is 11.0. The second-order valence-corrected chi connectivity index (χ2v) is 6.78. The normalized spacial score (nSPS) is 15.2. The largest absolute Gasteiger partial charge is 0.436 e. The van der Waals surface area contributed by atoms with Crippen molar-refractivity contribution in [2.75, 3.05) is 13.9 Å². The number of hydrogen-bond donors (Lipinski definition) is 0. The van der Waals surface area contributed by atoms with Gasteiger partial charge in [-0.05, 0) is 19.5 Å². The minimum Gasteiger partial charge on any atom is -0.436 e. The Labute approximate surface area is 92.5 Å². The highest BCUT2D eigenvalue weighted by Gasteiger charge is 2.29. The molecule has 5 heteroatoms. The zero-order valence-corrected chi connectivity index (χ0v) is 10.9. The van der Waals surface area contributed by atoms with Crippen LogP contribution in [0.5, 0.6) is 0 Å². The maximum absolute atomic E-state index is 11.0. The molecule has 15 heavy (non-hydrogen) atoms. The molecule has 0 rings (SSSR count). The molecular formula is C10H20O4Si. The summed E-state index contributed by atoms with van der Waals surface area (Å²) in [5.41, 5.74) is 0. The predicted octanol–water partition coefficient (Wildman–Crippen LogP) is 2.21. The summed E-state index contributed by atoms with van der Waals surface area (Å²) in [6.45, 7) is 5.76. The maximum atomic E-state index is 11.0. The molecule has 1 atom stereocenters. The Hall–Kier alpha value is -0.653. The average molecular weight is 232 g/mol. The highest BCUT2D eigenvalue weighted by atomic mass is 28.4. The van der Waals surface area contributed by atoms with Crippen LogP contribution in [0.25, 0.3) is 0 Å². The van der Waals surface area contributed by atoms with E-state index in [1.807, 2.05) is 6.55 Å². The Morgan fingerprint density at radius 3 is 2.60 bits per heavy atom. The fraction of sp³-hybridized carbons (Fsp3) is 0.700. The molecule has 0 aromatic heterocycles. The first-order valence-corrected chi connectivity index (χ1v) is 7.59. The van der Waals surface area contributed by atoms with Gasteiger partial charge in [-0.3, -0.25) is 0 Å². The quantitative estimate of drug-likeness (QED) is 0.292. The van der Waals surface area contributed by atoms with E-state index in [1.54, 1.807) is 20.1 Å². The monoisotopic (exact) mass is 232 g/mol. The minimum absolute atomic E-state index is 0.0280. The molecule has 0 saturated carbocycles. The molecule has 0 spiro atoms. The van der Waals surface area contributed by atoms with Gasteiger partial charge in [-0.15, -0.1) is 0 Å². The third kappa shape index (κ3) is 6.43. The Balaban J connectivity index is 3.86. The van der Waals surface area contributed by atoms with Crippen molar-refractivity contribution in [2.45, 2.75) is 32.9 Å². The van der Waals surface area contributed by atoms with E-state index in [9.17, 15) is 4.79 Å². The molecule has 0 aromatic carbocycles. The summed E-state index contributed by atoms with van der Waals surface area (Å²) in [5, 5.41) is 0. The molecule has 0 aliphatic heterocycles. The van der Waals surface area contributed by atoms with E-state index in [4.69, 9.17) is 13.6 Å². The van der Waals surface area contributed by atoms with Gasteiger partial charge in [0.25, 0.3) is 0 Å². The molecule has 0 heterocycles. The second-order valence-electron chi connectivity index (χ2n) is 3.31. The lowest BCUT2D eigenvalue weighted by molar-refractivity contribution is -0.145. The summed E-state index contributed by atoms with van der Waals surface area (Å²) in [7, 11) is -0.480. The van der Waals surface area contributed by atoms with Gasteiger partial charge >= 0.3 is 14.5 Å². The van der Waals surface area contributed by atoms with Crippen LogP contribution in [-0.2, 0) is 18.4 Å². The van der Waals surface area contributed by atoms with Crippen molar-refractivity contribution in [3.8, 4) is 0 Å². The standard InChI is InChI=1S/C10H20O4Si/c1-5-7-10(11)13-9-14-15(4,12-3)8-6-2/h5,7H,6,8-9H2,1-4H3. The van der Waals surface area contributed by atoms with E-state index >= 15 is 0 Å². The minimum atomic E-state index is -2.11. The smallest absolute Gasteiger partial charge is 0.337 e. The maximum Gasteiger partial charge on any atom is 0.337 e. The van der Waals surface area contributed by atoms with Gasteiger partial charge in [0.15, 0.2) is 6.79 Å². The molecule has 88 valence electrons. The van der Waals surface area contributed by atoms with Gasteiger partial charge in [0.2, 0.25) is 0 Å². The van der Waals surface area contributed by atoms with Crippen molar-refractivity contribution in [3.63, 3.8) is 0 Å². The van der Waals surface area contributed by atoms with E-state index in [-0.39, 0.29) is 12.8 Å². The first-order valence-electron chi connectivity index (χ1n) is 5.06. The number of ether oxygens (including phenoxy) is 1. The first-order chi connectivity index (χ1) is 7.08. The number of carbonyl (C=O) groups is 1. The number of allylic oxidation sites excluding steroid dienone is 1. The molecule has 0 aromatic rings. The number of hydrogen-bond acceptors (Lipinski definition) is 4. The van der Waals surface area contributed by atoms with Crippen LogP contribution in [0.3, 0.4) is 0 Å². The van der Waals surface area contributed by atoms with Crippen LogP contribution in [-0.4, -0.2) is 28.4 Å². The lowest BCUT2D eigenvalue weighted by Crippen LogP contribution is -2.38. The van der Waals surface area contributed by atoms with Crippen LogP contribution in [0.1, 0.15) is 20.3 Å². The summed E-state index contributed by atoms with van der Waals surface area (Å²) in [6, 6.07) is 0.894. The molecule has 0 radical (unpaired) electrons. The van der Waals surface area contributed by atoms with Crippen molar-refractivity contribution < 1.29 is 18.4 Å². The van der Waals surface area contributed by atoms with E-state index < -0.39 is 8.56 Å². The third-order valence-corrected chi connectivity index (χ3v) is 5.00. The molecule has 4 nitrogen and oxygen atoms in total. The lowest BCUT2D eigenvalue weighted by atomic mass is 10.5. The van der Waals surface area contributed by atoms with Gasteiger partial charge in [-0.2, -0.15) is 0 Å². The van der Waals surface area contributed by atoms with Gasteiger partial charge in [0.05, 0.1) is 0 Å². The number of rotatable bonds is 7. The number of esters is 1. The fourth-order valence-corrected chi connectivity index (χ4v) is 2.77. The Morgan fingerprint density at radius 2 is 2.13 bits per heavy atom. The molecule has 0 N–H and O–H groups in total. The van der Waals surface area contributed by atoms with Crippen LogP contribution in [0, 0.1) is 0 Å². The summed E-state index contributed by atoms with van der Waals surface area (Å²) in [6.07, 6.45) is 3.98. The van der Waals surface area contributed by atoms with E-state index in [0.717, 1.165) is 12.5 Å². The molecule has 1 unspecified atom stereocenters. The SMILES string of the molecule is CC=CC(=O)OCO[Si](C)(CCC)OC. The van der Waals surface area contributed by atoms with Gasteiger partial charge in [-0.25, -0.2) is 4.79 Å². The highest BCUT2D eigenvalue weighted by Crippen LogP contribution is 2.14. The Kier molecular flexibility index (Phi) is 7.28. The topological polar surface area (TPSA) is 44.8 Å². The molecule has 0 aliphatic carbocycles. The predicted molar refractivity (Wildman–Crippen MR) is 60.6 cm³/mol. The van der Waals surface area contributed by atoms with Crippen LogP contribution in [0.4, 0.5) is 0 Å². The summed E-state index contributed by atoms with van der Waals surface area (Å²) < 4.78 is 15.6. The van der Waals surface area contributed by atoms with Gasteiger partial charge in [0.1, 0.15) is 0 Å². The molecule has 0 bridgehead atoms. The van der Waals surface area contributed by atoms with E-state index in [0.29, 0.717) is 0 Å². The van der Waals surface area contributed by atoms with Gasteiger partial charge in [-0.1, -0.05) is 19.4 Å². The summed E-state index contributed by atoms with van der Waals surface area (Å²) in [5.74, 6) is -0.388. The molecule has 0 amide bonds. The second kappa shape index (κ2) is 7.61. The van der Waals surface area contributed by atoms with Gasteiger partial charge < -0.3 is 13.6 Å². The lowest BCUT2D eigenvalue weighted by Gasteiger charge is -2.23. The average Bonchev–Trinajstić information content (AvgIpc) is 2.18. The number of carbonyl (C=O) groups excluding carboxylic acids is 1. The van der Waals surface area contributed by atoms with Crippen molar-refractivity contribution in [1.29, 1.82) is 0 Å². The van der Waals surface area contributed by atoms with E-state index in [1.165, 1.54) is 6.08 Å². The molecule has 0 saturated heterocycles. The Bertz CT molecular complexity index is 217. The molecule has 0 aliphatic rings. The molecule has 0 fully saturated rings. The Morgan fingerprint density at radius 1 is 1.47 bits per heavy atom. The highest BCUT2D eigenvalue weighted by molar-refractivity contribution is 6.65. The first kappa shape index (κ1) is 14.3. The van der Waals surface area contributed by atoms with Crippen LogP contribution in [0.15, 0.2) is 12.2 Å². The van der Waals surface area contributed by atoms with Crippen molar-refractivity contribution in [1.82, 2.24) is 0 Å². The zero-order valence-electron chi connectivity index (χ0n) is 9.91. The van der Waals surface area contributed by atoms with Gasteiger partial charge in [0, 0.05) is 13.2 Å². The zero-order chi connectivity index (χ0) is 11.7. The van der Waals surface area contributed by atoms with Crippen molar-refractivity contribution in [3.05, 3.63) is 12.2 Å². The van der Waals surface area contributed by atoms with E-state index in [2.05, 4.69) is 6.92 Å². The van der Waals surface area contributed by atoms with Crippen LogP contribution in [0.2, 0.25) is 12.6 Å². The third-order valence-electron chi connectivity index (χ3n) is 2.00. The van der Waals surface area contributed by atoms with Crippen LogP contribution < -0.4 is 0 Å². The van der Waals surface area contributed by atoms with Crippen molar-refractivity contribution in [2.24, 2.45) is 0 Å². The van der Waals surface area contributed by atoms with Crippen molar-refractivity contribution >= 4 is 14.5 Å². The fourth-order valence-electron chi connectivity index (χ4n) is 1.08. The molecular weight excluding hydrogens is 212 g/mol. The van der Waals surface area contributed by atoms with Crippen LogP contribution >= 0.6 is 0 Å².